The largest absolute Gasteiger partial charge is 0.393 e. The van der Waals surface area contributed by atoms with E-state index in [-0.39, 0.29) is 17.6 Å². The van der Waals surface area contributed by atoms with Gasteiger partial charge in [0.15, 0.2) is 0 Å². The normalized spacial score (nSPS) is 12.0. The van der Waals surface area contributed by atoms with E-state index in [1.807, 2.05) is 0 Å². The van der Waals surface area contributed by atoms with Gasteiger partial charge < -0.3 is 15.7 Å². The average molecular weight is 275 g/mol. The van der Waals surface area contributed by atoms with Crippen LogP contribution in [0.5, 0.6) is 0 Å². The molecule has 1 aromatic rings. The van der Waals surface area contributed by atoms with Crippen LogP contribution in [0.3, 0.4) is 0 Å². The lowest BCUT2D eigenvalue weighted by Gasteiger charge is -2.09. The summed E-state index contributed by atoms with van der Waals surface area (Å²) in [6.07, 6.45) is 0.0525. The number of benzene rings is 1. The zero-order chi connectivity index (χ0) is 13.5. The van der Waals surface area contributed by atoms with E-state index < -0.39 is 11.9 Å². The molecular weight excluding hydrogens is 259 g/mol. The van der Waals surface area contributed by atoms with Crippen LogP contribution in [0.1, 0.15) is 18.9 Å². The lowest BCUT2D eigenvalue weighted by atomic mass is 10.2. The van der Waals surface area contributed by atoms with Crippen LogP contribution in [0.25, 0.3) is 0 Å². The van der Waals surface area contributed by atoms with Crippen molar-refractivity contribution in [2.24, 2.45) is 0 Å². The van der Waals surface area contributed by atoms with Gasteiger partial charge in [0.25, 0.3) is 0 Å². The number of rotatable bonds is 5. The highest BCUT2D eigenvalue weighted by Gasteiger charge is 2.03. The number of nitrogens with one attached hydrogen (secondary N) is 2. The van der Waals surface area contributed by atoms with Crippen molar-refractivity contribution in [1.29, 1.82) is 0 Å². The number of carbonyl (C=O) groups excluding carboxylic acids is 1. The Bertz CT molecular complexity index is 413. The van der Waals surface area contributed by atoms with Gasteiger partial charge in [-0.2, -0.15) is 0 Å². The van der Waals surface area contributed by atoms with Crippen molar-refractivity contribution in [3.63, 3.8) is 0 Å². The molecule has 1 aromatic carbocycles. The Balaban J connectivity index is 2.31. The third kappa shape index (κ3) is 5.33. The Morgan fingerprint density at radius 2 is 2.22 bits per heavy atom. The highest BCUT2D eigenvalue weighted by Crippen LogP contribution is 2.15. The molecule has 3 N–H and O–H groups in total. The monoisotopic (exact) mass is 274 g/mol. The quantitative estimate of drug-likeness (QED) is 0.770. The molecule has 0 fully saturated rings. The lowest BCUT2D eigenvalue weighted by molar-refractivity contribution is 0.183. The van der Waals surface area contributed by atoms with Gasteiger partial charge in [0.2, 0.25) is 0 Å². The summed E-state index contributed by atoms with van der Waals surface area (Å²) in [7, 11) is 0. The van der Waals surface area contributed by atoms with E-state index >= 15 is 0 Å². The average Bonchev–Trinajstić information content (AvgIpc) is 2.30. The van der Waals surface area contributed by atoms with E-state index in [0.29, 0.717) is 18.5 Å². The molecule has 0 aromatic heterocycles. The summed E-state index contributed by atoms with van der Waals surface area (Å²) in [4.78, 5) is 11.3. The van der Waals surface area contributed by atoms with E-state index in [1.165, 1.54) is 12.1 Å². The summed E-state index contributed by atoms with van der Waals surface area (Å²) in [5.74, 6) is -0.484. The van der Waals surface area contributed by atoms with Gasteiger partial charge in [-0.1, -0.05) is 17.7 Å². The molecule has 4 nitrogen and oxygen atoms in total. The molecule has 6 heteroatoms. The first-order valence-corrected chi connectivity index (χ1v) is 6.00. The molecule has 0 spiro atoms. The smallest absolute Gasteiger partial charge is 0.315 e. The van der Waals surface area contributed by atoms with Gasteiger partial charge in [0.1, 0.15) is 5.82 Å². The van der Waals surface area contributed by atoms with Gasteiger partial charge in [0.05, 0.1) is 11.1 Å². The topological polar surface area (TPSA) is 61.4 Å². The molecule has 2 amide bonds. The Labute approximate surface area is 110 Å². The van der Waals surface area contributed by atoms with Gasteiger partial charge in [-0.25, -0.2) is 9.18 Å². The molecule has 1 unspecified atom stereocenters. The molecule has 0 aliphatic carbocycles. The number of amides is 2. The van der Waals surface area contributed by atoms with Crippen molar-refractivity contribution < 1.29 is 14.3 Å². The molecule has 1 atom stereocenters. The molecule has 18 heavy (non-hydrogen) atoms. The third-order valence-electron chi connectivity index (χ3n) is 2.28. The second-order valence-corrected chi connectivity index (χ2v) is 4.40. The second kappa shape index (κ2) is 7.18. The summed E-state index contributed by atoms with van der Waals surface area (Å²) < 4.78 is 12.9. The van der Waals surface area contributed by atoms with E-state index in [9.17, 15) is 9.18 Å². The van der Waals surface area contributed by atoms with Gasteiger partial charge in [0, 0.05) is 13.1 Å². The van der Waals surface area contributed by atoms with Crippen molar-refractivity contribution in [3.05, 3.63) is 34.6 Å². The number of hydrogen-bond donors (Lipinski definition) is 3. The standard InChI is InChI=1S/C12H16ClFN2O2/c1-8(17)4-5-15-12(18)16-7-9-2-3-11(14)10(13)6-9/h2-3,6,8,17H,4-5,7H2,1H3,(H2,15,16,18). The van der Waals surface area contributed by atoms with Crippen LogP contribution in [-0.2, 0) is 6.54 Å². The summed E-state index contributed by atoms with van der Waals surface area (Å²) >= 11 is 5.62. The van der Waals surface area contributed by atoms with Crippen LogP contribution in [0.4, 0.5) is 9.18 Å². The Hall–Kier alpha value is -1.33. The zero-order valence-electron chi connectivity index (χ0n) is 10.0. The minimum Gasteiger partial charge on any atom is -0.393 e. The predicted octanol–water partition coefficient (Wildman–Crippen LogP) is 2.05. The minimum atomic E-state index is -0.484. The van der Waals surface area contributed by atoms with Crippen LogP contribution in [0.15, 0.2) is 18.2 Å². The molecule has 0 heterocycles. The maximum absolute atomic E-state index is 12.9. The number of halogens is 2. The van der Waals surface area contributed by atoms with E-state index in [2.05, 4.69) is 10.6 Å². The summed E-state index contributed by atoms with van der Waals surface area (Å²) in [6.45, 7) is 2.31. The van der Waals surface area contributed by atoms with Gasteiger partial charge in [-0.15, -0.1) is 0 Å². The Morgan fingerprint density at radius 3 is 2.83 bits per heavy atom. The van der Waals surface area contributed by atoms with E-state index in [4.69, 9.17) is 16.7 Å². The van der Waals surface area contributed by atoms with Crippen LogP contribution >= 0.6 is 11.6 Å². The predicted molar refractivity (Wildman–Crippen MR) is 67.9 cm³/mol. The van der Waals surface area contributed by atoms with Gasteiger partial charge in [-0.05, 0) is 31.0 Å². The first kappa shape index (κ1) is 14.7. The summed E-state index contributed by atoms with van der Waals surface area (Å²) in [5, 5.41) is 14.2. The molecule has 100 valence electrons. The number of aliphatic hydroxyl groups is 1. The highest BCUT2D eigenvalue weighted by molar-refractivity contribution is 6.30. The van der Waals surface area contributed by atoms with Crippen molar-refractivity contribution in [1.82, 2.24) is 10.6 Å². The SMILES string of the molecule is CC(O)CCNC(=O)NCc1ccc(F)c(Cl)c1. The number of urea groups is 1. The van der Waals surface area contributed by atoms with Gasteiger partial charge in [-0.3, -0.25) is 0 Å². The van der Waals surface area contributed by atoms with E-state index in [0.717, 1.165) is 0 Å². The number of hydrogen-bond acceptors (Lipinski definition) is 2. The molecule has 0 radical (unpaired) electrons. The maximum atomic E-state index is 12.9. The molecular formula is C12H16ClFN2O2. The molecule has 0 bridgehead atoms. The van der Waals surface area contributed by atoms with E-state index in [1.54, 1.807) is 13.0 Å². The second-order valence-electron chi connectivity index (χ2n) is 4.00. The fraction of sp³-hybridized carbons (Fsp3) is 0.417. The molecule has 0 saturated carbocycles. The fourth-order valence-electron chi connectivity index (χ4n) is 1.29. The van der Waals surface area contributed by atoms with Crippen LogP contribution in [0.2, 0.25) is 5.02 Å². The summed E-state index contributed by atoms with van der Waals surface area (Å²) in [5.41, 5.74) is 0.715. The van der Waals surface area contributed by atoms with Crippen LogP contribution < -0.4 is 10.6 Å². The zero-order valence-corrected chi connectivity index (χ0v) is 10.8. The minimum absolute atomic E-state index is 0.0313. The fourth-order valence-corrected chi connectivity index (χ4v) is 1.49. The highest BCUT2D eigenvalue weighted by atomic mass is 35.5. The van der Waals surface area contributed by atoms with Crippen molar-refractivity contribution in [3.8, 4) is 0 Å². The third-order valence-corrected chi connectivity index (χ3v) is 2.57. The van der Waals surface area contributed by atoms with Crippen LogP contribution in [0, 0.1) is 5.82 Å². The van der Waals surface area contributed by atoms with Crippen LogP contribution in [-0.4, -0.2) is 23.8 Å². The van der Waals surface area contributed by atoms with Crippen molar-refractivity contribution in [2.45, 2.75) is 26.0 Å². The van der Waals surface area contributed by atoms with Crippen molar-refractivity contribution >= 4 is 17.6 Å². The molecule has 0 aliphatic heterocycles. The first-order valence-electron chi connectivity index (χ1n) is 5.62. The number of carbonyl (C=O) groups is 1. The molecule has 0 aliphatic rings. The Kier molecular flexibility index (Phi) is 5.88. The maximum Gasteiger partial charge on any atom is 0.315 e. The number of aliphatic hydroxyl groups excluding tert-OH is 1. The first-order chi connectivity index (χ1) is 8.49. The molecule has 0 saturated heterocycles. The molecule has 1 rings (SSSR count). The van der Waals surface area contributed by atoms with Gasteiger partial charge >= 0.3 is 6.03 Å². The van der Waals surface area contributed by atoms with Crippen molar-refractivity contribution in [2.75, 3.05) is 6.54 Å². The summed E-state index contributed by atoms with van der Waals surface area (Å²) in [6, 6.07) is 3.94. The Morgan fingerprint density at radius 1 is 1.50 bits per heavy atom. The lowest BCUT2D eigenvalue weighted by Crippen LogP contribution is -2.36.